The van der Waals surface area contributed by atoms with Gasteiger partial charge >= 0.3 is 0 Å². The number of carbonyl (C=O) groups excluding carboxylic acids is 1. The normalized spacial score (nSPS) is 10.1. The Balaban J connectivity index is 2.73. The molecule has 0 bridgehead atoms. The van der Waals surface area contributed by atoms with Crippen molar-refractivity contribution in [3.63, 3.8) is 0 Å². The number of furan rings is 1. The first-order valence-corrected chi connectivity index (χ1v) is 5.76. The topological polar surface area (TPSA) is 30.2 Å². The molecule has 1 unspecified atom stereocenters. The number of aryl methyl sites for hydroxylation is 1. The van der Waals surface area contributed by atoms with Crippen molar-refractivity contribution < 1.29 is 9.21 Å². The molecule has 84 valence electrons. The maximum atomic E-state index is 10.5. The molecule has 2 nitrogen and oxygen atoms in total. The van der Waals surface area contributed by atoms with E-state index in [-0.39, 0.29) is 5.25 Å². The lowest BCUT2D eigenvalue weighted by molar-refractivity contribution is -0.107. The molecule has 0 saturated heterocycles. The molecule has 0 amide bonds. The number of carbonyl (C=O) groups is 1. The molecule has 17 heavy (non-hydrogen) atoms. The first kappa shape index (κ1) is 13.0. The minimum absolute atomic E-state index is 0.129. The third kappa shape index (κ3) is 4.56. The highest BCUT2D eigenvalue weighted by molar-refractivity contribution is 8.00. The van der Waals surface area contributed by atoms with E-state index in [9.17, 15) is 4.79 Å². The van der Waals surface area contributed by atoms with Crippen molar-refractivity contribution in [2.75, 3.05) is 0 Å². The molecule has 1 heterocycles. The second-order valence-corrected chi connectivity index (χ2v) is 4.26. The highest BCUT2D eigenvalue weighted by Gasteiger charge is 2.10. The van der Waals surface area contributed by atoms with E-state index in [0.29, 0.717) is 6.42 Å². The van der Waals surface area contributed by atoms with Gasteiger partial charge in [0.1, 0.15) is 12.0 Å². The first-order chi connectivity index (χ1) is 8.27. The second-order valence-electron chi connectivity index (χ2n) is 3.01. The maximum Gasteiger partial charge on any atom is 0.122 e. The first-order valence-electron chi connectivity index (χ1n) is 4.88. The zero-order valence-electron chi connectivity index (χ0n) is 9.32. The van der Waals surface area contributed by atoms with Crippen LogP contribution in [0.3, 0.4) is 0 Å². The van der Waals surface area contributed by atoms with Crippen LogP contribution < -0.4 is 0 Å². The van der Waals surface area contributed by atoms with Crippen molar-refractivity contribution in [2.24, 2.45) is 0 Å². The summed E-state index contributed by atoms with van der Waals surface area (Å²) in [7, 11) is 0. The van der Waals surface area contributed by atoms with Crippen LogP contribution in [0.5, 0.6) is 0 Å². The summed E-state index contributed by atoms with van der Waals surface area (Å²) in [6.07, 6.45) is 7.77. The maximum absolute atomic E-state index is 10.5. The smallest absolute Gasteiger partial charge is 0.122 e. The van der Waals surface area contributed by atoms with E-state index in [4.69, 9.17) is 10.8 Å². The molecule has 0 aromatic carbocycles. The Morgan fingerprint density at radius 3 is 2.94 bits per heavy atom. The quantitative estimate of drug-likeness (QED) is 0.461. The van der Waals surface area contributed by atoms with Gasteiger partial charge in [0, 0.05) is 11.3 Å². The molecular formula is C14H10O2S. The Kier molecular flexibility index (Phi) is 5.59. The predicted octanol–water partition coefficient (Wildman–Crippen LogP) is 2.28. The van der Waals surface area contributed by atoms with Crippen molar-refractivity contribution in [1.82, 2.24) is 0 Å². The minimum atomic E-state index is -0.129. The number of aldehydes is 1. The minimum Gasteiger partial charge on any atom is -0.468 e. The highest BCUT2D eigenvalue weighted by Crippen LogP contribution is 2.28. The van der Waals surface area contributed by atoms with Gasteiger partial charge in [-0.2, -0.15) is 0 Å². The van der Waals surface area contributed by atoms with Crippen molar-refractivity contribution in [3.05, 3.63) is 18.1 Å². The fourth-order valence-electron chi connectivity index (χ4n) is 1.06. The molecular weight excluding hydrogens is 232 g/mol. The number of terminal acetylenes is 1. The van der Waals surface area contributed by atoms with Gasteiger partial charge in [-0.15, -0.1) is 18.2 Å². The van der Waals surface area contributed by atoms with Gasteiger partial charge in [-0.1, -0.05) is 5.92 Å². The van der Waals surface area contributed by atoms with Gasteiger partial charge in [0.2, 0.25) is 0 Å². The van der Waals surface area contributed by atoms with Crippen LogP contribution in [0.25, 0.3) is 0 Å². The lowest BCUT2D eigenvalue weighted by atomic mass is 10.3. The van der Waals surface area contributed by atoms with Crippen molar-refractivity contribution in [3.8, 4) is 36.0 Å². The summed E-state index contributed by atoms with van der Waals surface area (Å²) >= 11 is 1.49. The van der Waals surface area contributed by atoms with Gasteiger partial charge in [-0.3, -0.25) is 0 Å². The van der Waals surface area contributed by atoms with E-state index in [2.05, 4.69) is 29.6 Å². The summed E-state index contributed by atoms with van der Waals surface area (Å²) in [5, 5.41) is -0.129. The van der Waals surface area contributed by atoms with Gasteiger partial charge in [0.25, 0.3) is 0 Å². The summed E-state index contributed by atoms with van der Waals surface area (Å²) in [4.78, 5) is 11.5. The molecule has 0 saturated carbocycles. The number of hydrogen-bond acceptors (Lipinski definition) is 3. The molecule has 0 N–H and O–H groups in total. The van der Waals surface area contributed by atoms with Crippen molar-refractivity contribution in [2.45, 2.75) is 23.5 Å². The van der Waals surface area contributed by atoms with E-state index in [1.807, 2.05) is 13.0 Å². The molecule has 1 aromatic heterocycles. The lowest BCUT2D eigenvalue weighted by Crippen LogP contribution is -1.99. The average molecular weight is 242 g/mol. The summed E-state index contributed by atoms with van der Waals surface area (Å²) in [6, 6.07) is 1.85. The number of hydrogen-bond donors (Lipinski definition) is 0. The third-order valence-corrected chi connectivity index (χ3v) is 3.09. The highest BCUT2D eigenvalue weighted by atomic mass is 32.2. The summed E-state index contributed by atoms with van der Waals surface area (Å²) in [5.41, 5.74) is 0. The Labute approximate surface area is 105 Å². The van der Waals surface area contributed by atoms with Crippen LogP contribution >= 0.6 is 11.8 Å². The zero-order valence-corrected chi connectivity index (χ0v) is 10.1. The average Bonchev–Trinajstić information content (AvgIpc) is 2.71. The molecule has 0 aliphatic rings. The van der Waals surface area contributed by atoms with Crippen LogP contribution in [-0.4, -0.2) is 11.5 Å². The van der Waals surface area contributed by atoms with Gasteiger partial charge in [-0.25, -0.2) is 0 Å². The standard InChI is InChI=1S/C14H10O2S/c1-3-4-5-6-7-13(8-10-15)17-14-9-11-16-12(14)2/h1,9-11,13H,8H2,2H3. The zero-order chi connectivity index (χ0) is 12.5. The lowest BCUT2D eigenvalue weighted by Gasteiger charge is -2.04. The van der Waals surface area contributed by atoms with Gasteiger partial charge < -0.3 is 9.21 Å². The third-order valence-electron chi connectivity index (χ3n) is 1.82. The van der Waals surface area contributed by atoms with E-state index in [1.54, 1.807) is 6.26 Å². The predicted molar refractivity (Wildman–Crippen MR) is 68.2 cm³/mol. The van der Waals surface area contributed by atoms with Crippen LogP contribution in [0.15, 0.2) is 21.6 Å². The number of thioether (sulfide) groups is 1. The Morgan fingerprint density at radius 1 is 1.53 bits per heavy atom. The largest absolute Gasteiger partial charge is 0.468 e. The summed E-state index contributed by atoms with van der Waals surface area (Å²) in [5.74, 6) is 13.4. The Bertz CT molecular complexity index is 540. The molecule has 0 aliphatic carbocycles. The van der Waals surface area contributed by atoms with E-state index in [1.165, 1.54) is 11.8 Å². The Morgan fingerprint density at radius 2 is 2.35 bits per heavy atom. The van der Waals surface area contributed by atoms with Crippen LogP contribution in [0, 0.1) is 42.9 Å². The van der Waals surface area contributed by atoms with Crippen LogP contribution in [0.1, 0.15) is 12.2 Å². The molecule has 1 rings (SSSR count). The molecule has 1 aromatic rings. The van der Waals surface area contributed by atoms with Crippen molar-refractivity contribution in [1.29, 1.82) is 0 Å². The molecule has 0 aliphatic heterocycles. The van der Waals surface area contributed by atoms with Gasteiger partial charge in [-0.05, 0) is 36.7 Å². The Hall–Kier alpha value is -2.02. The van der Waals surface area contributed by atoms with Crippen LogP contribution in [0.4, 0.5) is 0 Å². The fraction of sp³-hybridized carbons (Fsp3) is 0.214. The van der Waals surface area contributed by atoms with Gasteiger partial charge in [0.15, 0.2) is 0 Å². The SMILES string of the molecule is C#CC#CC#CC(CC=O)Sc1ccoc1C. The van der Waals surface area contributed by atoms with Crippen LogP contribution in [-0.2, 0) is 4.79 Å². The molecule has 0 fully saturated rings. The summed E-state index contributed by atoms with van der Waals surface area (Å²) < 4.78 is 5.17. The van der Waals surface area contributed by atoms with E-state index >= 15 is 0 Å². The van der Waals surface area contributed by atoms with E-state index in [0.717, 1.165) is 16.9 Å². The van der Waals surface area contributed by atoms with Crippen LogP contribution in [0.2, 0.25) is 0 Å². The monoisotopic (exact) mass is 242 g/mol. The van der Waals surface area contributed by atoms with Gasteiger partial charge in [0.05, 0.1) is 11.5 Å². The van der Waals surface area contributed by atoms with E-state index < -0.39 is 0 Å². The second kappa shape index (κ2) is 7.29. The van der Waals surface area contributed by atoms with Crippen molar-refractivity contribution >= 4 is 18.0 Å². The molecule has 0 spiro atoms. The molecule has 0 radical (unpaired) electrons. The molecule has 1 atom stereocenters. The fourth-order valence-corrected chi connectivity index (χ4v) is 2.00. The number of rotatable bonds is 4. The summed E-state index contributed by atoms with van der Waals surface area (Å²) in [6.45, 7) is 1.87. The molecule has 3 heteroatoms.